The molecule has 0 saturated carbocycles. The normalized spacial score (nSPS) is 11.3. The van der Waals surface area contributed by atoms with E-state index < -0.39 is 0 Å². The Morgan fingerprint density at radius 3 is 2.67 bits per heavy atom. The molecule has 80 valence electrons. The summed E-state index contributed by atoms with van der Waals surface area (Å²) in [7, 11) is 1.39. The molecule has 0 heterocycles. The van der Waals surface area contributed by atoms with Gasteiger partial charge in [0.2, 0.25) is 0 Å². The Morgan fingerprint density at radius 2 is 2.13 bits per heavy atom. The van der Waals surface area contributed by atoms with Crippen LogP contribution >= 0.6 is 15.9 Å². The van der Waals surface area contributed by atoms with E-state index in [4.69, 9.17) is 4.74 Å². The maximum Gasteiger partial charge on any atom is 0.338 e. The Bertz CT molecular complexity index is 383. The first-order valence-corrected chi connectivity index (χ1v) is 5.75. The van der Waals surface area contributed by atoms with E-state index in [-0.39, 0.29) is 5.97 Å². The molecule has 0 amide bonds. The lowest BCUT2D eigenvalue weighted by Crippen LogP contribution is -2.05. The SMILES string of the molecule is C/C=C(/C(=O)OC)c1ccccc1CBr. The Hall–Kier alpha value is -1.09. The molecule has 0 aliphatic rings. The van der Waals surface area contributed by atoms with Gasteiger partial charge in [0.1, 0.15) is 0 Å². The zero-order valence-electron chi connectivity index (χ0n) is 8.79. The van der Waals surface area contributed by atoms with Gasteiger partial charge < -0.3 is 4.74 Å². The third-order valence-corrected chi connectivity index (χ3v) is 2.75. The number of alkyl halides is 1. The Balaban J connectivity index is 3.18. The van der Waals surface area contributed by atoms with Crippen molar-refractivity contribution in [2.24, 2.45) is 0 Å². The van der Waals surface area contributed by atoms with Crippen LogP contribution in [-0.2, 0) is 14.9 Å². The van der Waals surface area contributed by atoms with E-state index in [1.165, 1.54) is 7.11 Å². The Morgan fingerprint density at radius 1 is 1.47 bits per heavy atom. The highest BCUT2D eigenvalue weighted by atomic mass is 79.9. The van der Waals surface area contributed by atoms with E-state index in [0.717, 1.165) is 16.5 Å². The number of halogens is 1. The van der Waals surface area contributed by atoms with E-state index in [9.17, 15) is 4.79 Å². The lowest BCUT2D eigenvalue weighted by atomic mass is 10.0. The number of esters is 1. The first-order chi connectivity index (χ1) is 7.24. The zero-order chi connectivity index (χ0) is 11.3. The molecule has 0 unspecified atom stereocenters. The summed E-state index contributed by atoms with van der Waals surface area (Å²) in [6.45, 7) is 1.83. The molecule has 1 aromatic carbocycles. The zero-order valence-corrected chi connectivity index (χ0v) is 10.4. The maximum atomic E-state index is 11.5. The van der Waals surface area contributed by atoms with Gasteiger partial charge in [0.05, 0.1) is 12.7 Å². The molecule has 1 aromatic rings. The van der Waals surface area contributed by atoms with E-state index in [1.807, 2.05) is 31.2 Å². The molecule has 2 nitrogen and oxygen atoms in total. The minimum atomic E-state index is -0.300. The van der Waals surface area contributed by atoms with E-state index in [0.29, 0.717) is 5.57 Å². The number of carbonyl (C=O) groups excluding carboxylic acids is 1. The van der Waals surface area contributed by atoms with Crippen molar-refractivity contribution in [2.75, 3.05) is 7.11 Å². The van der Waals surface area contributed by atoms with Crippen molar-refractivity contribution in [2.45, 2.75) is 12.3 Å². The van der Waals surface area contributed by atoms with Gasteiger partial charge in [-0.25, -0.2) is 4.79 Å². The summed E-state index contributed by atoms with van der Waals surface area (Å²) in [4.78, 5) is 11.5. The molecule has 0 aromatic heterocycles. The summed E-state index contributed by atoms with van der Waals surface area (Å²) in [5.74, 6) is -0.300. The van der Waals surface area contributed by atoms with Crippen LogP contribution in [0.2, 0.25) is 0 Å². The molecule has 0 saturated heterocycles. The highest BCUT2D eigenvalue weighted by Crippen LogP contribution is 2.22. The lowest BCUT2D eigenvalue weighted by molar-refractivity contribution is -0.133. The topological polar surface area (TPSA) is 26.3 Å². The third kappa shape index (κ3) is 2.69. The Labute approximate surface area is 98.1 Å². The van der Waals surface area contributed by atoms with Gasteiger partial charge in [0.15, 0.2) is 0 Å². The fraction of sp³-hybridized carbons (Fsp3) is 0.250. The van der Waals surface area contributed by atoms with Crippen molar-refractivity contribution in [3.63, 3.8) is 0 Å². The second kappa shape index (κ2) is 5.71. The van der Waals surface area contributed by atoms with Crippen LogP contribution in [0.1, 0.15) is 18.1 Å². The second-order valence-corrected chi connectivity index (χ2v) is 3.55. The number of hydrogen-bond acceptors (Lipinski definition) is 2. The van der Waals surface area contributed by atoms with Crippen LogP contribution in [0.25, 0.3) is 5.57 Å². The molecule has 0 fully saturated rings. The van der Waals surface area contributed by atoms with Crippen LogP contribution in [0, 0.1) is 0 Å². The lowest BCUT2D eigenvalue weighted by Gasteiger charge is -2.09. The van der Waals surface area contributed by atoms with Crippen LogP contribution in [0.3, 0.4) is 0 Å². The molecule has 3 heteroatoms. The van der Waals surface area contributed by atoms with Crippen molar-refractivity contribution in [3.05, 3.63) is 41.5 Å². The van der Waals surface area contributed by atoms with E-state index in [2.05, 4.69) is 15.9 Å². The van der Waals surface area contributed by atoms with Crippen LogP contribution in [0.15, 0.2) is 30.3 Å². The number of rotatable bonds is 3. The van der Waals surface area contributed by atoms with Gasteiger partial charge in [0, 0.05) is 5.33 Å². The van der Waals surface area contributed by atoms with Crippen LogP contribution in [0.5, 0.6) is 0 Å². The summed E-state index contributed by atoms with van der Waals surface area (Å²) in [5, 5.41) is 0.720. The minimum absolute atomic E-state index is 0.300. The molecule has 0 radical (unpaired) electrons. The van der Waals surface area contributed by atoms with Gasteiger partial charge in [-0.1, -0.05) is 46.3 Å². The largest absolute Gasteiger partial charge is 0.465 e. The molecule has 0 spiro atoms. The average molecular weight is 269 g/mol. The van der Waals surface area contributed by atoms with Crippen LogP contribution in [0.4, 0.5) is 0 Å². The van der Waals surface area contributed by atoms with Crippen molar-refractivity contribution < 1.29 is 9.53 Å². The molecule has 0 N–H and O–H groups in total. The third-order valence-electron chi connectivity index (χ3n) is 2.15. The number of allylic oxidation sites excluding steroid dienone is 1. The fourth-order valence-electron chi connectivity index (χ4n) is 1.39. The number of methoxy groups -OCH3 is 1. The van der Waals surface area contributed by atoms with Gasteiger partial charge in [-0.05, 0) is 18.1 Å². The molecule has 15 heavy (non-hydrogen) atoms. The quantitative estimate of drug-likeness (QED) is 0.478. The summed E-state index contributed by atoms with van der Waals surface area (Å²) >= 11 is 3.40. The van der Waals surface area contributed by atoms with Gasteiger partial charge in [-0.3, -0.25) is 0 Å². The maximum absolute atomic E-state index is 11.5. The summed E-state index contributed by atoms with van der Waals surface area (Å²) < 4.78 is 4.73. The molecular weight excluding hydrogens is 256 g/mol. The van der Waals surface area contributed by atoms with Crippen LogP contribution < -0.4 is 0 Å². The molecule has 1 rings (SSSR count). The van der Waals surface area contributed by atoms with Gasteiger partial charge in [-0.2, -0.15) is 0 Å². The van der Waals surface area contributed by atoms with Gasteiger partial charge in [0.25, 0.3) is 0 Å². The summed E-state index contributed by atoms with van der Waals surface area (Å²) in [6, 6.07) is 7.76. The number of benzene rings is 1. The van der Waals surface area contributed by atoms with Crippen molar-refractivity contribution >= 4 is 27.5 Å². The first-order valence-electron chi connectivity index (χ1n) is 4.63. The Kier molecular flexibility index (Phi) is 4.56. The van der Waals surface area contributed by atoms with Gasteiger partial charge >= 0.3 is 5.97 Å². The molecule has 0 atom stereocenters. The summed E-state index contributed by atoms with van der Waals surface area (Å²) in [6.07, 6.45) is 1.77. The first kappa shape index (κ1) is 12.0. The van der Waals surface area contributed by atoms with Crippen molar-refractivity contribution in [1.29, 1.82) is 0 Å². The van der Waals surface area contributed by atoms with Crippen molar-refractivity contribution in [3.8, 4) is 0 Å². The van der Waals surface area contributed by atoms with E-state index >= 15 is 0 Å². The number of ether oxygens (including phenoxy) is 1. The standard InChI is InChI=1S/C12H13BrO2/c1-3-10(12(14)15-2)11-7-5-4-6-9(11)8-13/h3-7H,8H2,1-2H3/b10-3+. The summed E-state index contributed by atoms with van der Waals surface area (Å²) in [5.41, 5.74) is 2.60. The fourth-order valence-corrected chi connectivity index (χ4v) is 1.88. The van der Waals surface area contributed by atoms with Crippen LogP contribution in [-0.4, -0.2) is 13.1 Å². The molecule has 0 aliphatic heterocycles. The number of hydrogen-bond donors (Lipinski definition) is 0. The van der Waals surface area contributed by atoms with E-state index in [1.54, 1.807) is 6.08 Å². The van der Waals surface area contributed by atoms with Gasteiger partial charge in [-0.15, -0.1) is 0 Å². The predicted molar refractivity (Wildman–Crippen MR) is 64.7 cm³/mol. The average Bonchev–Trinajstić information content (AvgIpc) is 2.30. The monoisotopic (exact) mass is 268 g/mol. The smallest absolute Gasteiger partial charge is 0.338 e. The molecular formula is C12H13BrO2. The number of carbonyl (C=O) groups is 1. The predicted octanol–water partition coefficient (Wildman–Crippen LogP) is 3.16. The second-order valence-electron chi connectivity index (χ2n) is 2.98. The van der Waals surface area contributed by atoms with Crippen molar-refractivity contribution in [1.82, 2.24) is 0 Å². The molecule has 0 bridgehead atoms. The molecule has 0 aliphatic carbocycles. The highest BCUT2D eigenvalue weighted by molar-refractivity contribution is 9.08. The minimum Gasteiger partial charge on any atom is -0.465 e. The highest BCUT2D eigenvalue weighted by Gasteiger charge is 2.13.